The first-order chi connectivity index (χ1) is 6.20. The van der Waals surface area contributed by atoms with Crippen LogP contribution in [0.2, 0.25) is 0 Å². The molecule has 0 bridgehead atoms. The van der Waals surface area contributed by atoms with Crippen molar-refractivity contribution in [2.45, 2.75) is 32.2 Å². The summed E-state index contributed by atoms with van der Waals surface area (Å²) in [6.45, 7) is 5.01. The van der Waals surface area contributed by atoms with E-state index in [1.165, 1.54) is 0 Å². The molecule has 0 unspecified atom stereocenters. The summed E-state index contributed by atoms with van der Waals surface area (Å²) >= 11 is 0. The van der Waals surface area contributed by atoms with E-state index < -0.39 is 5.54 Å². The van der Waals surface area contributed by atoms with Crippen LogP contribution in [0.5, 0.6) is 0 Å². The van der Waals surface area contributed by atoms with Gasteiger partial charge in [0.1, 0.15) is 6.61 Å². The van der Waals surface area contributed by atoms with Crippen LogP contribution in [0.4, 0.5) is 4.79 Å². The van der Waals surface area contributed by atoms with Crippen molar-refractivity contribution in [3.05, 3.63) is 0 Å². The third-order valence-corrected chi connectivity index (χ3v) is 2.94. The average molecular weight is 187 g/mol. The zero-order chi connectivity index (χ0) is 9.90. The molecule has 0 aromatic heterocycles. The molecule has 1 rings (SSSR count). The van der Waals surface area contributed by atoms with E-state index >= 15 is 0 Å². The molecule has 0 saturated carbocycles. The van der Waals surface area contributed by atoms with Crippen molar-refractivity contribution in [2.24, 2.45) is 0 Å². The molecule has 1 fully saturated rings. The Bertz CT molecular complexity index is 181. The van der Waals surface area contributed by atoms with E-state index in [4.69, 9.17) is 4.74 Å². The minimum absolute atomic E-state index is 0.00903. The van der Waals surface area contributed by atoms with Crippen LogP contribution in [0.25, 0.3) is 0 Å². The highest BCUT2D eigenvalue weighted by Gasteiger charge is 2.39. The Morgan fingerprint density at radius 2 is 2.15 bits per heavy atom. The van der Waals surface area contributed by atoms with Crippen molar-refractivity contribution in [1.82, 2.24) is 4.90 Å². The molecule has 0 spiro atoms. The maximum absolute atomic E-state index is 11.3. The van der Waals surface area contributed by atoms with Gasteiger partial charge < -0.3 is 9.84 Å². The molecule has 0 aromatic carbocycles. The van der Waals surface area contributed by atoms with Crippen LogP contribution in [-0.4, -0.2) is 41.4 Å². The van der Waals surface area contributed by atoms with Crippen LogP contribution in [0.1, 0.15) is 26.7 Å². The predicted molar refractivity (Wildman–Crippen MR) is 48.5 cm³/mol. The maximum atomic E-state index is 11.3. The van der Waals surface area contributed by atoms with Gasteiger partial charge >= 0.3 is 6.09 Å². The topological polar surface area (TPSA) is 49.8 Å². The molecule has 4 heteroatoms. The number of amides is 1. The summed E-state index contributed by atoms with van der Waals surface area (Å²) < 4.78 is 4.85. The number of hydrogen-bond donors (Lipinski definition) is 1. The minimum Gasteiger partial charge on any atom is -0.448 e. The molecule has 4 nitrogen and oxygen atoms in total. The van der Waals surface area contributed by atoms with Gasteiger partial charge in [-0.1, -0.05) is 13.8 Å². The highest BCUT2D eigenvalue weighted by molar-refractivity contribution is 5.70. The van der Waals surface area contributed by atoms with E-state index in [0.29, 0.717) is 13.2 Å². The van der Waals surface area contributed by atoms with Gasteiger partial charge in [0.2, 0.25) is 0 Å². The van der Waals surface area contributed by atoms with E-state index in [0.717, 1.165) is 12.8 Å². The summed E-state index contributed by atoms with van der Waals surface area (Å²) in [6.07, 6.45) is 1.22. The fourth-order valence-corrected chi connectivity index (χ4v) is 1.76. The number of carbonyl (C=O) groups excluding carboxylic acids is 1. The van der Waals surface area contributed by atoms with Crippen molar-refractivity contribution in [3.8, 4) is 0 Å². The van der Waals surface area contributed by atoms with Crippen LogP contribution < -0.4 is 0 Å². The molecular formula is C9H17NO3. The molecule has 0 aliphatic carbocycles. The number of cyclic esters (lactones) is 1. The van der Waals surface area contributed by atoms with Gasteiger partial charge in [0, 0.05) is 0 Å². The number of rotatable bonds is 4. The third kappa shape index (κ3) is 1.63. The first-order valence-electron chi connectivity index (χ1n) is 4.75. The van der Waals surface area contributed by atoms with E-state index in [1.54, 1.807) is 4.90 Å². The lowest BCUT2D eigenvalue weighted by atomic mass is 9.92. The Balaban J connectivity index is 2.79. The van der Waals surface area contributed by atoms with Crippen LogP contribution >= 0.6 is 0 Å². The lowest BCUT2D eigenvalue weighted by Crippen LogP contribution is -2.51. The number of aliphatic hydroxyl groups is 1. The number of nitrogens with zero attached hydrogens (tertiary/aromatic N) is 1. The van der Waals surface area contributed by atoms with Crippen molar-refractivity contribution < 1.29 is 14.6 Å². The van der Waals surface area contributed by atoms with Crippen molar-refractivity contribution in [1.29, 1.82) is 0 Å². The largest absolute Gasteiger partial charge is 0.448 e. The van der Waals surface area contributed by atoms with Gasteiger partial charge in [-0.15, -0.1) is 0 Å². The highest BCUT2D eigenvalue weighted by Crippen LogP contribution is 2.26. The highest BCUT2D eigenvalue weighted by atomic mass is 16.6. The van der Waals surface area contributed by atoms with Crippen LogP contribution in [-0.2, 0) is 4.74 Å². The molecule has 13 heavy (non-hydrogen) atoms. The van der Waals surface area contributed by atoms with Crippen LogP contribution in [0, 0.1) is 0 Å². The zero-order valence-corrected chi connectivity index (χ0v) is 8.25. The third-order valence-electron chi connectivity index (χ3n) is 2.94. The van der Waals surface area contributed by atoms with Gasteiger partial charge in [0.05, 0.1) is 18.7 Å². The fraction of sp³-hybridized carbons (Fsp3) is 0.889. The summed E-state index contributed by atoms with van der Waals surface area (Å²) in [4.78, 5) is 12.9. The van der Waals surface area contributed by atoms with Crippen molar-refractivity contribution in [3.63, 3.8) is 0 Å². The Morgan fingerprint density at radius 3 is 2.46 bits per heavy atom. The Hall–Kier alpha value is -0.770. The quantitative estimate of drug-likeness (QED) is 0.714. The van der Waals surface area contributed by atoms with Crippen molar-refractivity contribution >= 4 is 6.09 Å². The summed E-state index contributed by atoms with van der Waals surface area (Å²) in [5.74, 6) is 0. The van der Waals surface area contributed by atoms with Crippen LogP contribution in [0.15, 0.2) is 0 Å². The van der Waals surface area contributed by atoms with Gasteiger partial charge in [0.15, 0.2) is 0 Å². The maximum Gasteiger partial charge on any atom is 0.410 e. The van der Waals surface area contributed by atoms with Gasteiger partial charge in [-0.05, 0) is 12.8 Å². The van der Waals surface area contributed by atoms with E-state index in [-0.39, 0.29) is 12.7 Å². The molecule has 0 aromatic rings. The van der Waals surface area contributed by atoms with Gasteiger partial charge in [-0.2, -0.15) is 0 Å². The molecule has 1 aliphatic heterocycles. The van der Waals surface area contributed by atoms with Gasteiger partial charge in [-0.25, -0.2) is 4.79 Å². The molecule has 1 N–H and O–H groups in total. The number of carbonyl (C=O) groups is 1. The molecule has 76 valence electrons. The zero-order valence-electron chi connectivity index (χ0n) is 8.25. The van der Waals surface area contributed by atoms with Gasteiger partial charge in [0.25, 0.3) is 0 Å². The number of aliphatic hydroxyl groups excluding tert-OH is 1. The minimum atomic E-state index is -0.409. The summed E-state index contributed by atoms with van der Waals surface area (Å²) in [5.41, 5.74) is -0.409. The lowest BCUT2D eigenvalue weighted by molar-refractivity contribution is 0.0541. The molecule has 1 aliphatic rings. The Kier molecular flexibility index (Phi) is 3.14. The predicted octanol–water partition coefficient (Wildman–Crippen LogP) is 0.990. The second kappa shape index (κ2) is 3.96. The average Bonchev–Trinajstić information content (AvgIpc) is 2.57. The summed E-state index contributed by atoms with van der Waals surface area (Å²) in [5, 5.41) is 9.31. The number of hydrogen-bond acceptors (Lipinski definition) is 3. The summed E-state index contributed by atoms with van der Waals surface area (Å²) in [6, 6.07) is 0. The standard InChI is InChI=1S/C9H17NO3/c1-3-9(4-2,7-11)10-5-6-13-8(10)12/h11H,3-7H2,1-2H3. The van der Waals surface area contributed by atoms with Gasteiger partial charge in [-0.3, -0.25) is 4.90 Å². The smallest absolute Gasteiger partial charge is 0.410 e. The molecule has 0 atom stereocenters. The molecule has 1 amide bonds. The second-order valence-electron chi connectivity index (χ2n) is 3.36. The normalized spacial score (nSPS) is 17.8. The lowest BCUT2D eigenvalue weighted by Gasteiger charge is -2.37. The molecule has 1 heterocycles. The fourth-order valence-electron chi connectivity index (χ4n) is 1.76. The SMILES string of the molecule is CCC(CC)(CO)N1CCOC1=O. The Morgan fingerprint density at radius 1 is 1.54 bits per heavy atom. The Labute approximate surface area is 78.5 Å². The first kappa shape index (κ1) is 10.3. The monoisotopic (exact) mass is 187 g/mol. The number of ether oxygens (including phenoxy) is 1. The van der Waals surface area contributed by atoms with Crippen molar-refractivity contribution in [2.75, 3.05) is 19.8 Å². The van der Waals surface area contributed by atoms with E-state index in [2.05, 4.69) is 0 Å². The molecule has 1 saturated heterocycles. The van der Waals surface area contributed by atoms with E-state index in [9.17, 15) is 9.90 Å². The second-order valence-corrected chi connectivity index (χ2v) is 3.36. The molecular weight excluding hydrogens is 170 g/mol. The van der Waals surface area contributed by atoms with E-state index in [1.807, 2.05) is 13.8 Å². The van der Waals surface area contributed by atoms with Crippen LogP contribution in [0.3, 0.4) is 0 Å². The first-order valence-corrected chi connectivity index (χ1v) is 4.75. The summed E-state index contributed by atoms with van der Waals surface area (Å²) in [7, 11) is 0. The molecule has 0 radical (unpaired) electrons.